The van der Waals surface area contributed by atoms with Gasteiger partial charge >= 0.3 is 0 Å². The van der Waals surface area contributed by atoms with Crippen LogP contribution in [0.1, 0.15) is 24.0 Å². The molecule has 6 heteroatoms. The van der Waals surface area contributed by atoms with Gasteiger partial charge < -0.3 is 4.74 Å². The molecular formula is C14H20FNO3S. The van der Waals surface area contributed by atoms with Crippen LogP contribution in [0, 0.1) is 19.7 Å². The van der Waals surface area contributed by atoms with Gasteiger partial charge in [0.2, 0.25) is 10.0 Å². The van der Waals surface area contributed by atoms with E-state index in [0.717, 1.165) is 12.8 Å². The number of benzene rings is 1. The summed E-state index contributed by atoms with van der Waals surface area (Å²) in [4.78, 5) is 0.218. The number of aryl methyl sites for hydroxylation is 2. The number of ether oxygens (including phenoxy) is 1. The molecule has 112 valence electrons. The largest absolute Gasteiger partial charge is 0.380 e. The number of nitrogens with zero attached hydrogens (tertiary/aromatic N) is 1. The molecule has 1 unspecified atom stereocenters. The van der Waals surface area contributed by atoms with E-state index in [-0.39, 0.29) is 11.0 Å². The van der Waals surface area contributed by atoms with Crippen LogP contribution in [0.25, 0.3) is 0 Å². The first kappa shape index (κ1) is 15.4. The van der Waals surface area contributed by atoms with Crippen molar-refractivity contribution in [3.63, 3.8) is 0 Å². The molecule has 0 aromatic heterocycles. The predicted octanol–water partition coefficient (Wildman–Crippen LogP) is 2.24. The minimum absolute atomic E-state index is 0.0698. The summed E-state index contributed by atoms with van der Waals surface area (Å²) in [5.74, 6) is -0.410. The van der Waals surface area contributed by atoms with E-state index in [9.17, 15) is 12.8 Å². The second-order valence-corrected chi connectivity index (χ2v) is 7.11. The highest BCUT2D eigenvalue weighted by Gasteiger charge is 2.32. The quantitative estimate of drug-likeness (QED) is 0.860. The van der Waals surface area contributed by atoms with Crippen LogP contribution in [0.2, 0.25) is 0 Å². The van der Waals surface area contributed by atoms with Gasteiger partial charge in [0.05, 0.1) is 11.0 Å². The summed E-state index contributed by atoms with van der Waals surface area (Å²) in [5, 5.41) is 0. The fourth-order valence-electron chi connectivity index (χ4n) is 2.75. The van der Waals surface area contributed by atoms with Crippen LogP contribution in [-0.2, 0) is 14.8 Å². The van der Waals surface area contributed by atoms with Crippen molar-refractivity contribution in [2.24, 2.45) is 0 Å². The third-order valence-electron chi connectivity index (χ3n) is 3.70. The molecule has 1 aromatic rings. The van der Waals surface area contributed by atoms with Gasteiger partial charge in [-0.3, -0.25) is 0 Å². The molecule has 0 amide bonds. The summed E-state index contributed by atoms with van der Waals surface area (Å²) in [5.41, 5.74) is 0.893. The Hall–Kier alpha value is -0.980. The lowest BCUT2D eigenvalue weighted by atomic mass is 10.1. The highest BCUT2D eigenvalue weighted by atomic mass is 32.2. The fraction of sp³-hybridized carbons (Fsp3) is 0.571. The van der Waals surface area contributed by atoms with Crippen LogP contribution in [0.4, 0.5) is 4.39 Å². The molecule has 20 heavy (non-hydrogen) atoms. The van der Waals surface area contributed by atoms with Gasteiger partial charge in [-0.25, -0.2) is 12.8 Å². The summed E-state index contributed by atoms with van der Waals surface area (Å²) in [7, 11) is -2.00. The summed E-state index contributed by atoms with van der Waals surface area (Å²) >= 11 is 0. The zero-order chi connectivity index (χ0) is 14.9. The Kier molecular flexibility index (Phi) is 4.46. The van der Waals surface area contributed by atoms with Crippen molar-refractivity contribution >= 4 is 10.0 Å². The molecule has 1 aliphatic rings. The molecule has 1 atom stereocenters. The normalized spacial score (nSPS) is 21.1. The summed E-state index contributed by atoms with van der Waals surface area (Å²) in [6, 6.07) is 2.52. The average Bonchev–Trinajstić information content (AvgIpc) is 2.37. The Labute approximate surface area is 119 Å². The Morgan fingerprint density at radius 3 is 2.45 bits per heavy atom. The second kappa shape index (κ2) is 5.79. The second-order valence-electron chi connectivity index (χ2n) is 5.23. The van der Waals surface area contributed by atoms with Crippen LogP contribution in [0.5, 0.6) is 0 Å². The van der Waals surface area contributed by atoms with Crippen molar-refractivity contribution in [2.45, 2.75) is 37.7 Å². The zero-order valence-electron chi connectivity index (χ0n) is 12.0. The molecule has 1 fully saturated rings. The van der Waals surface area contributed by atoms with Crippen molar-refractivity contribution in [3.05, 3.63) is 29.1 Å². The Balaban J connectivity index is 2.40. The molecule has 1 saturated heterocycles. The van der Waals surface area contributed by atoms with Gasteiger partial charge in [-0.1, -0.05) is 0 Å². The van der Waals surface area contributed by atoms with Gasteiger partial charge in [-0.05, 0) is 49.9 Å². The van der Waals surface area contributed by atoms with Crippen molar-refractivity contribution < 1.29 is 17.5 Å². The van der Waals surface area contributed by atoms with E-state index in [1.165, 1.54) is 16.4 Å². The molecule has 0 bridgehead atoms. The highest BCUT2D eigenvalue weighted by Crippen LogP contribution is 2.27. The monoisotopic (exact) mass is 301 g/mol. The molecule has 0 aliphatic carbocycles. The summed E-state index contributed by atoms with van der Waals surface area (Å²) in [6.07, 6.45) is 1.57. The number of hydrogen-bond donors (Lipinski definition) is 0. The molecule has 0 N–H and O–H groups in total. The first-order chi connectivity index (χ1) is 9.36. The summed E-state index contributed by atoms with van der Waals surface area (Å²) in [6.45, 7) is 4.09. The van der Waals surface area contributed by atoms with E-state index in [0.29, 0.717) is 24.2 Å². The molecule has 4 nitrogen and oxygen atoms in total. The smallest absolute Gasteiger partial charge is 0.243 e. The first-order valence-corrected chi connectivity index (χ1v) is 8.10. The third kappa shape index (κ3) is 2.87. The molecule has 1 aromatic carbocycles. The zero-order valence-corrected chi connectivity index (χ0v) is 12.8. The first-order valence-electron chi connectivity index (χ1n) is 6.66. The molecule has 0 spiro atoms. The fourth-order valence-corrected chi connectivity index (χ4v) is 4.67. The van der Waals surface area contributed by atoms with E-state index in [1.54, 1.807) is 21.0 Å². The SMILES string of the molecule is COC1CCCN(S(=O)(=O)c2c(C)cc(F)cc2C)C1. The van der Waals surface area contributed by atoms with E-state index in [1.807, 2.05) is 0 Å². The van der Waals surface area contributed by atoms with Crippen LogP contribution >= 0.6 is 0 Å². The molecule has 0 saturated carbocycles. The standard InChI is InChI=1S/C14H20FNO3S/c1-10-7-12(15)8-11(2)14(10)20(17,18)16-6-4-5-13(9-16)19-3/h7-8,13H,4-6,9H2,1-3H3. The minimum atomic E-state index is -3.60. The molecule has 1 aliphatic heterocycles. The minimum Gasteiger partial charge on any atom is -0.380 e. The number of rotatable bonds is 3. The topological polar surface area (TPSA) is 46.6 Å². The van der Waals surface area contributed by atoms with Crippen LogP contribution < -0.4 is 0 Å². The van der Waals surface area contributed by atoms with Crippen molar-refractivity contribution in [2.75, 3.05) is 20.2 Å². The Bertz CT molecular complexity index is 577. The molecule has 2 rings (SSSR count). The number of methoxy groups -OCH3 is 1. The maximum absolute atomic E-state index is 13.3. The van der Waals surface area contributed by atoms with Crippen LogP contribution in [0.3, 0.4) is 0 Å². The van der Waals surface area contributed by atoms with Crippen molar-refractivity contribution in [3.8, 4) is 0 Å². The highest BCUT2D eigenvalue weighted by molar-refractivity contribution is 7.89. The van der Waals surface area contributed by atoms with E-state index >= 15 is 0 Å². The molecule has 0 radical (unpaired) electrons. The number of sulfonamides is 1. The Morgan fingerprint density at radius 2 is 1.90 bits per heavy atom. The van der Waals surface area contributed by atoms with Gasteiger partial charge in [0.25, 0.3) is 0 Å². The van der Waals surface area contributed by atoms with E-state index in [2.05, 4.69) is 0 Å². The number of halogens is 1. The van der Waals surface area contributed by atoms with E-state index < -0.39 is 15.8 Å². The Morgan fingerprint density at radius 1 is 1.30 bits per heavy atom. The molecule has 1 heterocycles. The lowest BCUT2D eigenvalue weighted by Crippen LogP contribution is -2.43. The number of hydrogen-bond acceptors (Lipinski definition) is 3. The van der Waals surface area contributed by atoms with Gasteiger partial charge in [-0.2, -0.15) is 4.31 Å². The maximum Gasteiger partial charge on any atom is 0.243 e. The lowest BCUT2D eigenvalue weighted by molar-refractivity contribution is 0.0571. The van der Waals surface area contributed by atoms with Crippen molar-refractivity contribution in [1.29, 1.82) is 0 Å². The van der Waals surface area contributed by atoms with Gasteiger partial charge in [0, 0.05) is 20.2 Å². The van der Waals surface area contributed by atoms with Crippen LogP contribution in [-0.4, -0.2) is 39.0 Å². The summed E-state index contributed by atoms with van der Waals surface area (Å²) < 4.78 is 45.5. The maximum atomic E-state index is 13.3. The number of piperidine rings is 1. The average molecular weight is 301 g/mol. The van der Waals surface area contributed by atoms with Gasteiger partial charge in [-0.15, -0.1) is 0 Å². The van der Waals surface area contributed by atoms with Crippen LogP contribution in [0.15, 0.2) is 17.0 Å². The van der Waals surface area contributed by atoms with E-state index in [4.69, 9.17) is 4.74 Å². The molecular weight excluding hydrogens is 281 g/mol. The van der Waals surface area contributed by atoms with Gasteiger partial charge in [0.15, 0.2) is 0 Å². The van der Waals surface area contributed by atoms with Gasteiger partial charge in [0.1, 0.15) is 5.82 Å². The van der Waals surface area contributed by atoms with Crippen molar-refractivity contribution in [1.82, 2.24) is 4.31 Å². The lowest BCUT2D eigenvalue weighted by Gasteiger charge is -2.31. The predicted molar refractivity (Wildman–Crippen MR) is 74.7 cm³/mol. The third-order valence-corrected chi connectivity index (χ3v) is 5.87.